The topological polar surface area (TPSA) is 23.4 Å². The smallest absolute Gasteiger partial charge is 0.199 e. The van der Waals surface area contributed by atoms with Crippen LogP contribution in [-0.4, -0.2) is 11.2 Å². The predicted molar refractivity (Wildman–Crippen MR) is 119 cm³/mol. The van der Waals surface area contributed by atoms with E-state index in [2.05, 4.69) is 13.8 Å². The molecule has 0 spiro atoms. The summed E-state index contributed by atoms with van der Waals surface area (Å²) in [5.41, 5.74) is 2.93. The Balaban J connectivity index is 1.72. The molecule has 0 bridgehead atoms. The highest BCUT2D eigenvalue weighted by atomic mass is 19.1. The lowest BCUT2D eigenvalue weighted by atomic mass is 10.1. The van der Waals surface area contributed by atoms with Crippen LogP contribution in [0.5, 0.6) is 11.6 Å². The van der Waals surface area contributed by atoms with Crippen molar-refractivity contribution in [3.05, 3.63) is 90.2 Å². The maximum atomic E-state index is 13.5. The number of halogens is 1. The molecule has 3 aromatic carbocycles. The van der Waals surface area contributed by atoms with Crippen LogP contribution in [0.25, 0.3) is 16.6 Å². The van der Waals surface area contributed by atoms with Crippen molar-refractivity contribution in [3.8, 4) is 17.3 Å². The van der Waals surface area contributed by atoms with Crippen LogP contribution in [0, 0.1) is 11.7 Å². The molecule has 0 aliphatic heterocycles. The molecule has 4 heteroatoms. The fraction of sp³-hybridized carbons (Fsp3) is 0.231. The molecule has 0 N–H and O–H groups in total. The van der Waals surface area contributed by atoms with Crippen LogP contribution in [0.2, 0.25) is 0 Å². The van der Waals surface area contributed by atoms with E-state index in [0.29, 0.717) is 19.1 Å². The van der Waals surface area contributed by atoms with Crippen LogP contribution in [0.4, 0.5) is 4.39 Å². The first-order valence-corrected chi connectivity index (χ1v) is 10.3. The van der Waals surface area contributed by atoms with Gasteiger partial charge < -0.3 is 9.47 Å². The van der Waals surface area contributed by atoms with E-state index in [1.54, 1.807) is 12.1 Å². The zero-order valence-corrected chi connectivity index (χ0v) is 17.3. The molecule has 0 saturated heterocycles. The molecule has 3 nitrogen and oxygen atoms in total. The van der Waals surface area contributed by atoms with Crippen molar-refractivity contribution in [2.75, 3.05) is 6.61 Å². The predicted octanol–water partition coefficient (Wildman–Crippen LogP) is 6.77. The van der Waals surface area contributed by atoms with Gasteiger partial charge in [0.1, 0.15) is 18.2 Å². The average Bonchev–Trinajstić information content (AvgIpc) is 3.12. The van der Waals surface area contributed by atoms with E-state index in [9.17, 15) is 4.39 Å². The highest BCUT2D eigenvalue weighted by molar-refractivity contribution is 5.90. The summed E-state index contributed by atoms with van der Waals surface area (Å²) < 4.78 is 27.8. The second-order valence-electron chi connectivity index (χ2n) is 7.79. The first kappa shape index (κ1) is 20.0. The summed E-state index contributed by atoms with van der Waals surface area (Å²) in [5.74, 6) is 1.82. The highest BCUT2D eigenvalue weighted by Gasteiger charge is 2.15. The number of fused-ring (bicyclic) bond motifs is 1. The zero-order chi connectivity index (χ0) is 20.9. The SMILES string of the molecule is CC(C)CCOc1cc2c(OCc3ccccc3)cccc2n1-c1ccc(F)cc1. The van der Waals surface area contributed by atoms with E-state index in [4.69, 9.17) is 9.47 Å². The number of rotatable bonds is 8. The summed E-state index contributed by atoms with van der Waals surface area (Å²) in [6.07, 6.45) is 0.961. The van der Waals surface area contributed by atoms with Gasteiger partial charge in [-0.2, -0.15) is 0 Å². The molecule has 4 aromatic rings. The van der Waals surface area contributed by atoms with E-state index < -0.39 is 0 Å². The van der Waals surface area contributed by atoms with E-state index in [1.165, 1.54) is 12.1 Å². The van der Waals surface area contributed by atoms with Crippen LogP contribution in [-0.2, 0) is 6.61 Å². The van der Waals surface area contributed by atoms with Gasteiger partial charge in [-0.05, 0) is 54.3 Å². The molecule has 154 valence electrons. The Morgan fingerprint density at radius 2 is 1.63 bits per heavy atom. The molecule has 30 heavy (non-hydrogen) atoms. The minimum atomic E-state index is -0.260. The number of benzene rings is 3. The first-order valence-electron chi connectivity index (χ1n) is 10.3. The van der Waals surface area contributed by atoms with Crippen molar-refractivity contribution < 1.29 is 13.9 Å². The number of nitrogens with zero attached hydrogens (tertiary/aromatic N) is 1. The molecule has 0 aliphatic rings. The van der Waals surface area contributed by atoms with Gasteiger partial charge in [-0.1, -0.05) is 50.2 Å². The molecular formula is C26H26FNO2. The van der Waals surface area contributed by atoms with Crippen LogP contribution in [0.15, 0.2) is 78.9 Å². The molecule has 0 saturated carbocycles. The standard InChI is InChI=1S/C26H26FNO2/c1-19(2)15-16-29-26-17-23-24(28(26)22-13-11-21(27)12-14-22)9-6-10-25(23)30-18-20-7-4-3-5-8-20/h3-14,17,19H,15-16,18H2,1-2H3. The van der Waals surface area contributed by atoms with E-state index in [0.717, 1.165) is 40.2 Å². The molecular weight excluding hydrogens is 377 g/mol. The third-order valence-electron chi connectivity index (χ3n) is 5.04. The Hall–Kier alpha value is -3.27. The fourth-order valence-electron chi connectivity index (χ4n) is 3.40. The molecule has 0 radical (unpaired) electrons. The fourth-order valence-corrected chi connectivity index (χ4v) is 3.40. The number of hydrogen-bond donors (Lipinski definition) is 0. The minimum Gasteiger partial charge on any atom is -0.488 e. The monoisotopic (exact) mass is 403 g/mol. The summed E-state index contributed by atoms with van der Waals surface area (Å²) in [4.78, 5) is 0. The maximum absolute atomic E-state index is 13.5. The van der Waals surface area contributed by atoms with Gasteiger partial charge in [-0.25, -0.2) is 4.39 Å². The molecule has 1 heterocycles. The van der Waals surface area contributed by atoms with Crippen molar-refractivity contribution >= 4 is 10.9 Å². The Labute approximate surface area is 176 Å². The van der Waals surface area contributed by atoms with E-state index in [1.807, 2.05) is 59.2 Å². The lowest BCUT2D eigenvalue weighted by molar-refractivity contribution is 0.276. The lowest BCUT2D eigenvalue weighted by Gasteiger charge is -2.13. The van der Waals surface area contributed by atoms with Crippen molar-refractivity contribution in [1.82, 2.24) is 4.57 Å². The van der Waals surface area contributed by atoms with Gasteiger partial charge in [-0.15, -0.1) is 0 Å². The molecule has 0 atom stereocenters. The molecule has 0 amide bonds. The molecule has 0 fully saturated rings. The quantitative estimate of drug-likeness (QED) is 0.324. The Bertz CT molecular complexity index is 1100. The van der Waals surface area contributed by atoms with Crippen LogP contribution < -0.4 is 9.47 Å². The minimum absolute atomic E-state index is 0.260. The van der Waals surface area contributed by atoms with Gasteiger partial charge in [-0.3, -0.25) is 4.57 Å². The Kier molecular flexibility index (Phi) is 6.03. The molecule has 1 aromatic heterocycles. The van der Waals surface area contributed by atoms with Gasteiger partial charge in [0.2, 0.25) is 0 Å². The van der Waals surface area contributed by atoms with Gasteiger partial charge in [0.15, 0.2) is 5.88 Å². The van der Waals surface area contributed by atoms with Crippen molar-refractivity contribution in [1.29, 1.82) is 0 Å². The third kappa shape index (κ3) is 4.48. The van der Waals surface area contributed by atoms with Crippen molar-refractivity contribution in [2.45, 2.75) is 26.9 Å². The Morgan fingerprint density at radius 1 is 0.867 bits per heavy atom. The number of hydrogen-bond acceptors (Lipinski definition) is 2. The maximum Gasteiger partial charge on any atom is 0.199 e. The average molecular weight is 403 g/mol. The second-order valence-corrected chi connectivity index (χ2v) is 7.79. The zero-order valence-electron chi connectivity index (χ0n) is 17.3. The van der Waals surface area contributed by atoms with Gasteiger partial charge >= 0.3 is 0 Å². The van der Waals surface area contributed by atoms with Gasteiger partial charge in [0.25, 0.3) is 0 Å². The van der Waals surface area contributed by atoms with Crippen molar-refractivity contribution in [3.63, 3.8) is 0 Å². The second kappa shape index (κ2) is 9.04. The normalized spacial score (nSPS) is 11.2. The summed E-state index contributed by atoms with van der Waals surface area (Å²) in [7, 11) is 0. The molecule has 4 rings (SSSR count). The van der Waals surface area contributed by atoms with Gasteiger partial charge in [0, 0.05) is 17.1 Å². The first-order chi connectivity index (χ1) is 14.6. The van der Waals surface area contributed by atoms with Crippen molar-refractivity contribution in [2.24, 2.45) is 5.92 Å². The molecule has 0 aliphatic carbocycles. The highest BCUT2D eigenvalue weighted by Crippen LogP contribution is 2.35. The third-order valence-corrected chi connectivity index (χ3v) is 5.04. The van der Waals surface area contributed by atoms with E-state index >= 15 is 0 Å². The van der Waals surface area contributed by atoms with Crippen LogP contribution in [0.3, 0.4) is 0 Å². The van der Waals surface area contributed by atoms with Gasteiger partial charge in [0.05, 0.1) is 12.1 Å². The largest absolute Gasteiger partial charge is 0.488 e. The number of ether oxygens (including phenoxy) is 2. The summed E-state index contributed by atoms with van der Waals surface area (Å²) in [6.45, 7) is 5.46. The Morgan fingerprint density at radius 3 is 2.37 bits per heavy atom. The molecule has 0 unspecified atom stereocenters. The summed E-state index contributed by atoms with van der Waals surface area (Å²) in [5, 5.41) is 0.970. The van der Waals surface area contributed by atoms with E-state index in [-0.39, 0.29) is 5.82 Å². The number of aromatic nitrogens is 1. The van der Waals surface area contributed by atoms with Crippen LogP contribution >= 0.6 is 0 Å². The lowest BCUT2D eigenvalue weighted by Crippen LogP contribution is -2.05. The summed E-state index contributed by atoms with van der Waals surface area (Å²) >= 11 is 0. The van der Waals surface area contributed by atoms with Crippen LogP contribution in [0.1, 0.15) is 25.8 Å². The summed E-state index contributed by atoms with van der Waals surface area (Å²) in [6, 6.07) is 24.5.